The number of benzene rings is 3. The minimum Gasteiger partial charge on any atom is -0.320 e. The quantitative estimate of drug-likeness (QED) is 0.169. The number of para-hydroxylation sites is 1. The van der Waals surface area contributed by atoms with Crippen LogP contribution in [0.2, 0.25) is 5.02 Å². The van der Waals surface area contributed by atoms with Gasteiger partial charge in [0.25, 0.3) is 5.91 Å². The zero-order valence-corrected chi connectivity index (χ0v) is 19.4. The summed E-state index contributed by atoms with van der Waals surface area (Å²) in [5, 5.41) is 6.96. The number of hydrazone groups is 1. The maximum absolute atomic E-state index is 12.7. The second kappa shape index (κ2) is 11.7. The van der Waals surface area contributed by atoms with Crippen LogP contribution >= 0.6 is 11.6 Å². The molecule has 0 aliphatic heterocycles. The number of hydrogen-bond acceptors (Lipinski definition) is 5. The molecule has 0 atom stereocenters. The highest BCUT2D eigenvalue weighted by atomic mass is 35.5. The number of nitrogens with one attached hydrogen (secondary N) is 2. The maximum atomic E-state index is 12.7. The van der Waals surface area contributed by atoms with Gasteiger partial charge in [-0.05, 0) is 41.8 Å². The van der Waals surface area contributed by atoms with Gasteiger partial charge in [0.1, 0.15) is 0 Å². The molecule has 0 fully saturated rings. The van der Waals surface area contributed by atoms with E-state index < -0.39 is 11.7 Å². The molecule has 0 aromatic heterocycles. The Morgan fingerprint density at radius 1 is 1.00 bits per heavy atom. The Labute approximate surface area is 203 Å². The van der Waals surface area contributed by atoms with Gasteiger partial charge in [0.15, 0.2) is 17.3 Å². The fourth-order valence-electron chi connectivity index (χ4n) is 3.20. The van der Waals surface area contributed by atoms with Gasteiger partial charge in [-0.3, -0.25) is 19.8 Å². The second-order valence-electron chi connectivity index (χ2n) is 7.52. The van der Waals surface area contributed by atoms with Crippen LogP contribution in [0.15, 0.2) is 84.5 Å². The Morgan fingerprint density at radius 3 is 2.50 bits per heavy atom. The Kier molecular flexibility index (Phi) is 8.48. The predicted octanol–water partition coefficient (Wildman–Crippen LogP) is 5.79. The number of rotatable bonds is 10. The molecule has 0 spiro atoms. The highest BCUT2D eigenvalue weighted by molar-refractivity contribution is 6.67. The molecule has 0 unspecified atom stereocenters. The number of ketones is 2. The molecule has 0 radical (unpaired) electrons. The van der Waals surface area contributed by atoms with Gasteiger partial charge >= 0.3 is 0 Å². The minimum absolute atomic E-state index is 0.0547. The van der Waals surface area contributed by atoms with Crippen LogP contribution in [-0.2, 0) is 16.0 Å². The molecular weight excluding hydrogens is 450 g/mol. The van der Waals surface area contributed by atoms with Crippen molar-refractivity contribution in [1.82, 2.24) is 0 Å². The Hall–Kier alpha value is -4.03. The van der Waals surface area contributed by atoms with E-state index in [1.165, 1.54) is 6.92 Å². The first kappa shape index (κ1) is 24.6. The largest absolute Gasteiger partial charge is 0.320 e. The maximum Gasteiger partial charge on any atom is 0.279 e. The number of anilines is 2. The van der Waals surface area contributed by atoms with Gasteiger partial charge < -0.3 is 5.32 Å². The number of halogens is 1. The van der Waals surface area contributed by atoms with Crippen molar-refractivity contribution in [2.24, 2.45) is 5.10 Å². The molecule has 3 rings (SSSR count). The summed E-state index contributed by atoms with van der Waals surface area (Å²) in [4.78, 5) is 37.4. The summed E-state index contributed by atoms with van der Waals surface area (Å²) < 4.78 is 0. The monoisotopic (exact) mass is 473 g/mol. The van der Waals surface area contributed by atoms with Crippen LogP contribution in [0.3, 0.4) is 0 Å². The van der Waals surface area contributed by atoms with Gasteiger partial charge in [-0.2, -0.15) is 5.10 Å². The summed E-state index contributed by atoms with van der Waals surface area (Å²) in [5.74, 6) is -1.27. The topological polar surface area (TPSA) is 87.6 Å². The molecule has 0 heterocycles. The summed E-state index contributed by atoms with van der Waals surface area (Å²) in [7, 11) is 0. The highest BCUT2D eigenvalue weighted by Crippen LogP contribution is 2.20. The van der Waals surface area contributed by atoms with E-state index in [2.05, 4.69) is 22.4 Å². The van der Waals surface area contributed by atoms with Crippen molar-refractivity contribution in [3.05, 3.63) is 101 Å². The van der Waals surface area contributed by atoms with E-state index in [0.29, 0.717) is 34.8 Å². The summed E-state index contributed by atoms with van der Waals surface area (Å²) in [6, 6.07) is 21.3. The lowest BCUT2D eigenvalue weighted by Crippen LogP contribution is -2.29. The molecule has 7 heteroatoms. The van der Waals surface area contributed by atoms with E-state index in [4.69, 9.17) is 11.6 Å². The van der Waals surface area contributed by atoms with E-state index >= 15 is 0 Å². The van der Waals surface area contributed by atoms with Crippen LogP contribution in [-0.4, -0.2) is 23.2 Å². The second-order valence-corrected chi connectivity index (χ2v) is 7.92. The number of aryl methyl sites for hydroxylation is 1. The molecule has 2 N–H and O–H groups in total. The van der Waals surface area contributed by atoms with Gasteiger partial charge in [0.05, 0.1) is 10.7 Å². The van der Waals surface area contributed by atoms with E-state index in [1.54, 1.807) is 54.6 Å². The number of Topliss-reactive ketones (excluding diaryl/α,β-unsaturated/α-hetero) is 2. The zero-order valence-electron chi connectivity index (χ0n) is 18.7. The van der Waals surface area contributed by atoms with Crippen molar-refractivity contribution in [3.8, 4) is 0 Å². The van der Waals surface area contributed by atoms with Crippen LogP contribution in [0.1, 0.15) is 34.8 Å². The van der Waals surface area contributed by atoms with Gasteiger partial charge in [-0.1, -0.05) is 72.8 Å². The third-order valence-corrected chi connectivity index (χ3v) is 5.31. The molecule has 1 amide bonds. The third kappa shape index (κ3) is 6.73. The standard InChI is InChI=1S/C27H24ClN3O3/c1-3-19-8-6-9-20(16-19)14-15-25(33)21-10-7-11-22(17-21)29-27(34)26(18(2)32)31-30-24-13-5-4-12-23(24)28/h3-13,16-17,30H,1,14-15H2,2H3,(H,29,34)/b31-26+. The fourth-order valence-corrected chi connectivity index (χ4v) is 3.37. The average Bonchev–Trinajstić information content (AvgIpc) is 2.83. The SMILES string of the molecule is C=Cc1cccc(CCC(=O)c2cccc(NC(=O)/C(=N/Nc3ccccc3Cl)C(C)=O)c2)c1. The number of carbonyl (C=O) groups excluding carboxylic acids is 3. The van der Waals surface area contributed by atoms with Crippen LogP contribution in [0.5, 0.6) is 0 Å². The molecular formula is C27H24ClN3O3. The van der Waals surface area contributed by atoms with Crippen molar-refractivity contribution in [3.63, 3.8) is 0 Å². The predicted molar refractivity (Wildman–Crippen MR) is 137 cm³/mol. The summed E-state index contributed by atoms with van der Waals surface area (Å²) in [6.07, 6.45) is 2.67. The number of hydrogen-bond donors (Lipinski definition) is 2. The highest BCUT2D eigenvalue weighted by Gasteiger charge is 2.18. The lowest BCUT2D eigenvalue weighted by molar-refractivity contribution is -0.114. The van der Waals surface area contributed by atoms with Gasteiger partial charge in [0.2, 0.25) is 0 Å². The van der Waals surface area contributed by atoms with Crippen molar-refractivity contribution in [2.75, 3.05) is 10.7 Å². The number of carbonyl (C=O) groups is 3. The van der Waals surface area contributed by atoms with Crippen LogP contribution in [0.4, 0.5) is 11.4 Å². The molecule has 3 aromatic carbocycles. The van der Waals surface area contributed by atoms with Crippen LogP contribution in [0, 0.1) is 0 Å². The van der Waals surface area contributed by atoms with Crippen molar-refractivity contribution < 1.29 is 14.4 Å². The molecule has 0 saturated carbocycles. The van der Waals surface area contributed by atoms with E-state index in [9.17, 15) is 14.4 Å². The molecule has 34 heavy (non-hydrogen) atoms. The number of nitrogens with zero attached hydrogens (tertiary/aromatic N) is 1. The van der Waals surface area contributed by atoms with Crippen molar-refractivity contribution >= 4 is 52.2 Å². The molecule has 0 bridgehead atoms. The molecule has 172 valence electrons. The molecule has 3 aromatic rings. The normalized spacial score (nSPS) is 10.9. The van der Waals surface area contributed by atoms with E-state index in [1.807, 2.05) is 24.3 Å². The van der Waals surface area contributed by atoms with Gasteiger partial charge in [-0.25, -0.2) is 0 Å². The molecule has 0 aliphatic carbocycles. The lowest BCUT2D eigenvalue weighted by atomic mass is 10.0. The Bertz CT molecular complexity index is 1270. The summed E-state index contributed by atoms with van der Waals surface area (Å²) in [5.41, 5.74) is 5.68. The molecule has 0 aliphatic rings. The summed E-state index contributed by atoms with van der Waals surface area (Å²) >= 11 is 6.07. The summed E-state index contributed by atoms with van der Waals surface area (Å²) in [6.45, 7) is 5.01. The first-order chi connectivity index (χ1) is 16.4. The van der Waals surface area contributed by atoms with Gasteiger partial charge in [0, 0.05) is 24.6 Å². The fraction of sp³-hybridized carbons (Fsp3) is 0.111. The smallest absolute Gasteiger partial charge is 0.279 e. The van der Waals surface area contributed by atoms with Crippen molar-refractivity contribution in [2.45, 2.75) is 19.8 Å². The third-order valence-electron chi connectivity index (χ3n) is 4.98. The Morgan fingerprint density at radius 2 is 1.76 bits per heavy atom. The lowest BCUT2D eigenvalue weighted by Gasteiger charge is -2.09. The van der Waals surface area contributed by atoms with E-state index in [-0.39, 0.29) is 11.5 Å². The van der Waals surface area contributed by atoms with E-state index in [0.717, 1.165) is 11.1 Å². The first-order valence-corrected chi connectivity index (χ1v) is 11.0. The number of amides is 1. The minimum atomic E-state index is -0.696. The average molecular weight is 474 g/mol. The first-order valence-electron chi connectivity index (χ1n) is 10.6. The van der Waals surface area contributed by atoms with Crippen LogP contribution < -0.4 is 10.7 Å². The van der Waals surface area contributed by atoms with Gasteiger partial charge in [-0.15, -0.1) is 0 Å². The zero-order chi connectivity index (χ0) is 24.5. The molecule has 6 nitrogen and oxygen atoms in total. The van der Waals surface area contributed by atoms with Crippen molar-refractivity contribution in [1.29, 1.82) is 0 Å². The van der Waals surface area contributed by atoms with Crippen LogP contribution in [0.25, 0.3) is 6.08 Å². The Balaban J connectivity index is 1.67. The molecule has 0 saturated heterocycles.